The van der Waals surface area contributed by atoms with Crippen molar-refractivity contribution in [3.05, 3.63) is 0 Å². The van der Waals surface area contributed by atoms with E-state index in [-0.39, 0.29) is 0 Å². The first-order chi connectivity index (χ1) is 5.91. The van der Waals surface area contributed by atoms with E-state index in [1.165, 1.54) is 0 Å². The van der Waals surface area contributed by atoms with Gasteiger partial charge in [-0.15, -0.1) is 12.3 Å². The van der Waals surface area contributed by atoms with E-state index in [1.807, 2.05) is 6.92 Å². The largest absolute Gasteiger partial charge is 0.380 e. The molecule has 12 heavy (non-hydrogen) atoms. The van der Waals surface area contributed by atoms with Crippen molar-refractivity contribution in [3.8, 4) is 24.3 Å². The van der Waals surface area contributed by atoms with Gasteiger partial charge in [-0.3, -0.25) is 0 Å². The maximum atomic E-state index is 5.10. The Bertz CT molecular complexity index is 182. The van der Waals surface area contributed by atoms with Crippen LogP contribution in [0.4, 0.5) is 0 Å². The molecular formula is C10H15NO. The third-order valence-electron chi connectivity index (χ3n) is 1.15. The van der Waals surface area contributed by atoms with Crippen LogP contribution in [0, 0.1) is 24.3 Å². The first-order valence-electron chi connectivity index (χ1n) is 4.13. The van der Waals surface area contributed by atoms with Crippen LogP contribution >= 0.6 is 0 Å². The molecule has 2 heteroatoms. The summed E-state index contributed by atoms with van der Waals surface area (Å²) < 4.78 is 5.10. The molecule has 0 radical (unpaired) electrons. The van der Waals surface area contributed by atoms with Crippen LogP contribution in [-0.4, -0.2) is 19.8 Å². The number of ether oxygens (including phenoxy) is 1. The Morgan fingerprint density at radius 1 is 1.42 bits per heavy atom. The summed E-state index contributed by atoms with van der Waals surface area (Å²) in [5, 5.41) is 2.92. The quantitative estimate of drug-likeness (QED) is 0.372. The van der Waals surface area contributed by atoms with Crippen LogP contribution in [0.25, 0.3) is 0 Å². The molecule has 0 aromatic rings. The van der Waals surface area contributed by atoms with Gasteiger partial charge in [-0.05, 0) is 6.92 Å². The van der Waals surface area contributed by atoms with Gasteiger partial charge in [-0.25, -0.2) is 0 Å². The Labute approximate surface area is 74.7 Å². The molecule has 0 aromatic heterocycles. The fourth-order valence-electron chi connectivity index (χ4n) is 0.590. The normalized spacial score (nSPS) is 8.00. The van der Waals surface area contributed by atoms with Gasteiger partial charge in [0, 0.05) is 32.0 Å². The second kappa shape index (κ2) is 9.88. The van der Waals surface area contributed by atoms with E-state index in [1.54, 1.807) is 0 Å². The van der Waals surface area contributed by atoms with Gasteiger partial charge in [-0.2, -0.15) is 0 Å². The lowest BCUT2D eigenvalue weighted by Crippen LogP contribution is -2.13. The van der Waals surface area contributed by atoms with Crippen molar-refractivity contribution in [2.75, 3.05) is 19.8 Å². The van der Waals surface area contributed by atoms with Crippen molar-refractivity contribution >= 4 is 0 Å². The fraction of sp³-hybridized carbons (Fsp3) is 0.600. The second-order valence-electron chi connectivity index (χ2n) is 2.13. The number of hydrogen-bond donors (Lipinski definition) is 1. The third kappa shape index (κ3) is 8.88. The summed E-state index contributed by atoms with van der Waals surface area (Å²) in [6, 6.07) is 2.80. The van der Waals surface area contributed by atoms with E-state index in [4.69, 9.17) is 11.2 Å². The zero-order valence-corrected chi connectivity index (χ0v) is 7.52. The first kappa shape index (κ1) is 10.9. The lowest BCUT2D eigenvalue weighted by molar-refractivity contribution is 0.152. The van der Waals surface area contributed by atoms with Crippen LogP contribution in [0.15, 0.2) is 0 Å². The molecule has 2 nitrogen and oxygen atoms in total. The van der Waals surface area contributed by atoms with Crippen LogP contribution in [0.3, 0.4) is 0 Å². The van der Waals surface area contributed by atoms with Crippen LogP contribution in [0.2, 0.25) is 0 Å². The highest BCUT2D eigenvalue weighted by molar-refractivity contribution is 5.00. The van der Waals surface area contributed by atoms with Gasteiger partial charge >= 0.3 is 0 Å². The Morgan fingerprint density at radius 2 is 2.25 bits per heavy atom. The summed E-state index contributed by atoms with van der Waals surface area (Å²) in [5.41, 5.74) is 0. The SMILES string of the molecule is C#CCCC#CNCCOCC. The van der Waals surface area contributed by atoms with Gasteiger partial charge in [0.25, 0.3) is 0 Å². The minimum absolute atomic E-state index is 0.709. The molecule has 0 aliphatic heterocycles. The molecule has 0 atom stereocenters. The summed E-state index contributed by atoms with van der Waals surface area (Å²) >= 11 is 0. The van der Waals surface area contributed by atoms with Crippen molar-refractivity contribution in [2.24, 2.45) is 0 Å². The molecule has 0 heterocycles. The zero-order chi connectivity index (χ0) is 9.07. The zero-order valence-electron chi connectivity index (χ0n) is 7.52. The molecule has 0 rings (SSSR count). The van der Waals surface area contributed by atoms with Gasteiger partial charge < -0.3 is 10.1 Å². The maximum Gasteiger partial charge on any atom is 0.0646 e. The molecule has 66 valence electrons. The first-order valence-corrected chi connectivity index (χ1v) is 4.13. The minimum Gasteiger partial charge on any atom is -0.380 e. The second-order valence-corrected chi connectivity index (χ2v) is 2.13. The Kier molecular flexibility index (Phi) is 8.96. The van der Waals surface area contributed by atoms with Crippen LogP contribution < -0.4 is 5.32 Å². The predicted molar refractivity (Wildman–Crippen MR) is 50.3 cm³/mol. The van der Waals surface area contributed by atoms with E-state index in [0.717, 1.165) is 26.0 Å². The average Bonchev–Trinajstić information content (AvgIpc) is 2.10. The third-order valence-corrected chi connectivity index (χ3v) is 1.15. The van der Waals surface area contributed by atoms with Gasteiger partial charge in [0.15, 0.2) is 0 Å². The summed E-state index contributed by atoms with van der Waals surface area (Å²) in [4.78, 5) is 0. The average molecular weight is 165 g/mol. The van der Waals surface area contributed by atoms with Gasteiger partial charge in [-0.1, -0.05) is 5.92 Å². The summed E-state index contributed by atoms with van der Waals surface area (Å²) in [7, 11) is 0. The Morgan fingerprint density at radius 3 is 2.92 bits per heavy atom. The summed E-state index contributed by atoms with van der Waals surface area (Å²) in [6.45, 7) is 4.21. The lowest BCUT2D eigenvalue weighted by Gasteiger charge is -1.97. The molecule has 1 N–H and O–H groups in total. The summed E-state index contributed by atoms with van der Waals surface area (Å²) in [6.07, 6.45) is 6.54. The fourth-order valence-corrected chi connectivity index (χ4v) is 0.590. The number of unbranched alkanes of at least 4 members (excludes halogenated alkanes) is 1. The van der Waals surface area contributed by atoms with Crippen LogP contribution in [0.5, 0.6) is 0 Å². The molecule has 0 fully saturated rings. The van der Waals surface area contributed by atoms with E-state index >= 15 is 0 Å². The molecule has 0 bridgehead atoms. The van der Waals surface area contributed by atoms with E-state index < -0.39 is 0 Å². The topological polar surface area (TPSA) is 21.3 Å². The molecule has 0 saturated carbocycles. The Hall–Kier alpha value is -1.12. The molecule has 0 amide bonds. The minimum atomic E-state index is 0.709. The lowest BCUT2D eigenvalue weighted by atomic mass is 10.3. The highest BCUT2D eigenvalue weighted by atomic mass is 16.5. The summed E-state index contributed by atoms with van der Waals surface area (Å²) in [5.74, 6) is 5.43. The highest BCUT2D eigenvalue weighted by Gasteiger charge is 1.80. The van der Waals surface area contributed by atoms with Gasteiger partial charge in [0.1, 0.15) is 0 Å². The molecule has 0 aliphatic rings. The van der Waals surface area contributed by atoms with Crippen molar-refractivity contribution < 1.29 is 4.74 Å². The van der Waals surface area contributed by atoms with Gasteiger partial charge in [0.05, 0.1) is 6.61 Å². The standard InChI is InChI=1S/C10H15NO/c1-3-5-6-7-8-11-9-10-12-4-2/h1,11H,4-6,9-10H2,2H3. The molecular weight excluding hydrogens is 150 g/mol. The monoisotopic (exact) mass is 165 g/mol. The Balaban J connectivity index is 3.06. The molecule has 0 aliphatic carbocycles. The van der Waals surface area contributed by atoms with E-state index in [0.29, 0.717) is 6.61 Å². The maximum absolute atomic E-state index is 5.10. The van der Waals surface area contributed by atoms with Crippen LogP contribution in [0.1, 0.15) is 19.8 Å². The molecule has 0 aromatic carbocycles. The molecule has 0 saturated heterocycles. The number of terminal acetylenes is 1. The number of hydrogen-bond acceptors (Lipinski definition) is 2. The van der Waals surface area contributed by atoms with Crippen molar-refractivity contribution in [1.82, 2.24) is 5.32 Å². The van der Waals surface area contributed by atoms with E-state index in [2.05, 4.69) is 23.2 Å². The number of nitrogens with one attached hydrogen (secondary N) is 1. The predicted octanol–water partition coefficient (Wildman–Crippen LogP) is 0.987. The van der Waals surface area contributed by atoms with Crippen molar-refractivity contribution in [3.63, 3.8) is 0 Å². The van der Waals surface area contributed by atoms with Crippen LogP contribution in [-0.2, 0) is 4.74 Å². The highest BCUT2D eigenvalue weighted by Crippen LogP contribution is 1.79. The molecule has 0 unspecified atom stereocenters. The van der Waals surface area contributed by atoms with Crippen molar-refractivity contribution in [1.29, 1.82) is 0 Å². The van der Waals surface area contributed by atoms with Crippen molar-refractivity contribution in [2.45, 2.75) is 19.8 Å². The molecule has 0 spiro atoms. The van der Waals surface area contributed by atoms with Gasteiger partial charge in [0.2, 0.25) is 0 Å². The van der Waals surface area contributed by atoms with E-state index in [9.17, 15) is 0 Å². The smallest absolute Gasteiger partial charge is 0.0646 e. The number of rotatable bonds is 5.